The van der Waals surface area contributed by atoms with E-state index >= 15 is 0 Å². The summed E-state index contributed by atoms with van der Waals surface area (Å²) < 4.78 is 2.04. The molecule has 0 amide bonds. The fourth-order valence-corrected chi connectivity index (χ4v) is 1.40. The van der Waals surface area contributed by atoms with Crippen molar-refractivity contribution in [2.75, 3.05) is 5.73 Å². The molecule has 1 aromatic rings. The Morgan fingerprint density at radius 2 is 2.23 bits per heavy atom. The number of imidazole rings is 1. The Bertz CT molecular complexity index is 263. The maximum atomic E-state index is 5.94. The maximum Gasteiger partial charge on any atom is 0.126 e. The van der Waals surface area contributed by atoms with Crippen LogP contribution in [0.1, 0.15) is 32.9 Å². The molecule has 3 nitrogen and oxygen atoms in total. The average molecular weight is 181 g/mol. The van der Waals surface area contributed by atoms with Crippen LogP contribution in [0.4, 0.5) is 5.82 Å². The third kappa shape index (κ3) is 2.47. The average Bonchev–Trinajstić information content (AvgIpc) is 2.36. The Balaban J connectivity index is 2.74. The van der Waals surface area contributed by atoms with Crippen molar-refractivity contribution in [1.82, 2.24) is 9.55 Å². The van der Waals surface area contributed by atoms with Gasteiger partial charge in [-0.2, -0.15) is 0 Å². The summed E-state index contributed by atoms with van der Waals surface area (Å²) in [7, 11) is 0. The predicted octanol–water partition coefficient (Wildman–Crippen LogP) is 2.07. The molecule has 0 aliphatic rings. The first-order chi connectivity index (χ1) is 6.15. The SMILES string of the molecule is CCCc1ncn(CC(C)C)c1N. The number of aryl methyl sites for hydroxylation is 1. The standard InChI is InChI=1S/C10H19N3/c1-4-5-9-10(11)13(7-12-9)6-8(2)3/h7-8H,4-6,11H2,1-3H3. The molecular weight excluding hydrogens is 162 g/mol. The lowest BCUT2D eigenvalue weighted by atomic mass is 10.2. The van der Waals surface area contributed by atoms with Crippen LogP contribution >= 0.6 is 0 Å². The van der Waals surface area contributed by atoms with Gasteiger partial charge in [0.15, 0.2) is 0 Å². The summed E-state index contributed by atoms with van der Waals surface area (Å²) in [6, 6.07) is 0. The lowest BCUT2D eigenvalue weighted by molar-refractivity contribution is 0.527. The van der Waals surface area contributed by atoms with E-state index in [-0.39, 0.29) is 0 Å². The molecule has 74 valence electrons. The molecule has 1 aromatic heterocycles. The number of nitrogens with zero attached hydrogens (tertiary/aromatic N) is 2. The number of nitrogens with two attached hydrogens (primary N) is 1. The molecule has 0 saturated carbocycles. The molecule has 0 atom stereocenters. The molecule has 0 bridgehead atoms. The van der Waals surface area contributed by atoms with Crippen LogP contribution in [-0.2, 0) is 13.0 Å². The van der Waals surface area contributed by atoms with Crippen LogP contribution in [0.5, 0.6) is 0 Å². The van der Waals surface area contributed by atoms with E-state index in [1.807, 2.05) is 10.9 Å². The van der Waals surface area contributed by atoms with Crippen molar-refractivity contribution >= 4 is 5.82 Å². The molecule has 0 aliphatic carbocycles. The van der Waals surface area contributed by atoms with Gasteiger partial charge in [0.05, 0.1) is 12.0 Å². The minimum absolute atomic E-state index is 0.617. The number of anilines is 1. The Kier molecular flexibility index (Phi) is 3.34. The fraction of sp³-hybridized carbons (Fsp3) is 0.700. The highest BCUT2D eigenvalue weighted by Crippen LogP contribution is 2.13. The molecule has 0 radical (unpaired) electrons. The highest BCUT2D eigenvalue weighted by atomic mass is 15.1. The third-order valence-electron chi connectivity index (χ3n) is 2.01. The summed E-state index contributed by atoms with van der Waals surface area (Å²) in [4.78, 5) is 4.30. The number of aromatic nitrogens is 2. The summed E-state index contributed by atoms with van der Waals surface area (Å²) in [6.07, 6.45) is 3.93. The summed E-state index contributed by atoms with van der Waals surface area (Å²) in [5.74, 6) is 1.46. The molecule has 0 unspecified atom stereocenters. The van der Waals surface area contributed by atoms with Crippen molar-refractivity contribution in [3.63, 3.8) is 0 Å². The Morgan fingerprint density at radius 3 is 2.77 bits per heavy atom. The topological polar surface area (TPSA) is 43.8 Å². The van der Waals surface area contributed by atoms with E-state index in [2.05, 4.69) is 25.8 Å². The molecular formula is C10H19N3. The van der Waals surface area contributed by atoms with Gasteiger partial charge < -0.3 is 10.3 Å². The summed E-state index contributed by atoms with van der Waals surface area (Å²) in [5, 5.41) is 0. The third-order valence-corrected chi connectivity index (χ3v) is 2.01. The molecule has 0 aromatic carbocycles. The molecule has 3 heteroatoms. The summed E-state index contributed by atoms with van der Waals surface area (Å²) in [6.45, 7) is 7.46. The normalized spacial score (nSPS) is 11.1. The minimum atomic E-state index is 0.617. The Hall–Kier alpha value is -0.990. The molecule has 0 spiro atoms. The highest BCUT2D eigenvalue weighted by molar-refractivity contribution is 5.35. The maximum absolute atomic E-state index is 5.94. The monoisotopic (exact) mass is 181 g/mol. The second-order valence-corrected chi connectivity index (χ2v) is 3.87. The molecule has 0 saturated heterocycles. The van der Waals surface area contributed by atoms with E-state index in [1.165, 1.54) is 0 Å². The predicted molar refractivity (Wildman–Crippen MR) is 55.5 cm³/mol. The van der Waals surface area contributed by atoms with Crippen LogP contribution in [-0.4, -0.2) is 9.55 Å². The van der Waals surface area contributed by atoms with Gasteiger partial charge in [-0.05, 0) is 12.3 Å². The quantitative estimate of drug-likeness (QED) is 0.772. The van der Waals surface area contributed by atoms with Crippen molar-refractivity contribution in [2.24, 2.45) is 5.92 Å². The smallest absolute Gasteiger partial charge is 0.126 e. The van der Waals surface area contributed by atoms with E-state index < -0.39 is 0 Å². The number of hydrogen-bond donors (Lipinski definition) is 1. The molecule has 0 aliphatic heterocycles. The van der Waals surface area contributed by atoms with E-state index in [0.29, 0.717) is 5.92 Å². The van der Waals surface area contributed by atoms with Crippen LogP contribution in [0, 0.1) is 5.92 Å². The van der Waals surface area contributed by atoms with E-state index in [9.17, 15) is 0 Å². The molecule has 1 heterocycles. The Morgan fingerprint density at radius 1 is 1.54 bits per heavy atom. The summed E-state index contributed by atoms with van der Waals surface area (Å²) >= 11 is 0. The number of rotatable bonds is 4. The lowest BCUT2D eigenvalue weighted by Gasteiger charge is -2.07. The van der Waals surface area contributed by atoms with Crippen LogP contribution in [0.3, 0.4) is 0 Å². The van der Waals surface area contributed by atoms with Crippen molar-refractivity contribution in [3.05, 3.63) is 12.0 Å². The highest BCUT2D eigenvalue weighted by Gasteiger charge is 2.06. The molecule has 2 N–H and O–H groups in total. The second kappa shape index (κ2) is 4.30. The van der Waals surface area contributed by atoms with Gasteiger partial charge in [0.1, 0.15) is 5.82 Å². The van der Waals surface area contributed by atoms with E-state index in [4.69, 9.17) is 5.73 Å². The van der Waals surface area contributed by atoms with Gasteiger partial charge in [0.2, 0.25) is 0 Å². The first-order valence-corrected chi connectivity index (χ1v) is 4.94. The fourth-order valence-electron chi connectivity index (χ4n) is 1.40. The van der Waals surface area contributed by atoms with Gasteiger partial charge in [-0.1, -0.05) is 27.2 Å². The van der Waals surface area contributed by atoms with Crippen molar-refractivity contribution in [3.8, 4) is 0 Å². The van der Waals surface area contributed by atoms with Crippen molar-refractivity contribution in [1.29, 1.82) is 0 Å². The number of nitrogen functional groups attached to an aromatic ring is 1. The van der Waals surface area contributed by atoms with Crippen LogP contribution in [0.15, 0.2) is 6.33 Å². The van der Waals surface area contributed by atoms with Gasteiger partial charge in [-0.3, -0.25) is 0 Å². The van der Waals surface area contributed by atoms with Crippen LogP contribution in [0.2, 0.25) is 0 Å². The first kappa shape index (κ1) is 10.1. The Labute approximate surface area is 80.0 Å². The van der Waals surface area contributed by atoms with Crippen LogP contribution < -0.4 is 5.73 Å². The van der Waals surface area contributed by atoms with Gasteiger partial charge in [-0.15, -0.1) is 0 Å². The zero-order valence-electron chi connectivity index (χ0n) is 8.75. The van der Waals surface area contributed by atoms with Gasteiger partial charge in [0, 0.05) is 6.54 Å². The van der Waals surface area contributed by atoms with Gasteiger partial charge >= 0.3 is 0 Å². The zero-order chi connectivity index (χ0) is 9.84. The lowest BCUT2D eigenvalue weighted by Crippen LogP contribution is -2.07. The van der Waals surface area contributed by atoms with Gasteiger partial charge in [0.25, 0.3) is 0 Å². The molecule has 13 heavy (non-hydrogen) atoms. The van der Waals surface area contributed by atoms with Gasteiger partial charge in [-0.25, -0.2) is 4.98 Å². The number of hydrogen-bond acceptors (Lipinski definition) is 2. The van der Waals surface area contributed by atoms with Crippen LogP contribution in [0.25, 0.3) is 0 Å². The van der Waals surface area contributed by atoms with Crippen molar-refractivity contribution in [2.45, 2.75) is 40.2 Å². The van der Waals surface area contributed by atoms with Crippen molar-refractivity contribution < 1.29 is 0 Å². The van der Waals surface area contributed by atoms with E-state index in [1.54, 1.807) is 0 Å². The zero-order valence-corrected chi connectivity index (χ0v) is 8.75. The molecule has 1 rings (SSSR count). The minimum Gasteiger partial charge on any atom is -0.384 e. The van der Waals surface area contributed by atoms with E-state index in [0.717, 1.165) is 30.9 Å². The summed E-state index contributed by atoms with van der Waals surface area (Å²) in [5.41, 5.74) is 6.98. The largest absolute Gasteiger partial charge is 0.384 e. The second-order valence-electron chi connectivity index (χ2n) is 3.87. The first-order valence-electron chi connectivity index (χ1n) is 4.94. The molecule has 0 fully saturated rings.